The van der Waals surface area contributed by atoms with E-state index in [-0.39, 0.29) is 32.0 Å². The quantitative estimate of drug-likeness (QED) is 0.660. The molecule has 0 aliphatic carbocycles. The van der Waals surface area contributed by atoms with Gasteiger partial charge in [-0.2, -0.15) is 0 Å². The Morgan fingerprint density at radius 3 is 2.37 bits per heavy atom. The molecule has 0 spiro atoms. The van der Waals surface area contributed by atoms with Gasteiger partial charge in [0.05, 0.1) is 25.2 Å². The molecule has 0 unspecified atom stereocenters. The van der Waals surface area contributed by atoms with Crippen LogP contribution in [0.2, 0.25) is 0 Å². The van der Waals surface area contributed by atoms with E-state index in [1.54, 1.807) is 19.9 Å². The number of nitrogens with one attached hydrogen (secondary N) is 1. The molecule has 0 aliphatic rings. The van der Waals surface area contributed by atoms with Gasteiger partial charge >= 0.3 is 11.9 Å². The fourth-order valence-electron chi connectivity index (χ4n) is 2.42. The van der Waals surface area contributed by atoms with Crippen molar-refractivity contribution in [1.29, 1.82) is 0 Å². The largest absolute Gasteiger partial charge is 0.466 e. The van der Waals surface area contributed by atoms with Crippen LogP contribution in [0.1, 0.15) is 47.5 Å². The summed E-state index contributed by atoms with van der Waals surface area (Å²) in [5.41, 5.74) is 1.44. The Hall–Kier alpha value is -2.67. The number of hydrogen-bond donors (Lipinski definition) is 1. The highest BCUT2D eigenvalue weighted by Crippen LogP contribution is 2.31. The molecule has 2 aromatic rings. The highest BCUT2D eigenvalue weighted by Gasteiger charge is 2.19. The molecule has 1 aromatic carbocycles. The molecule has 0 saturated heterocycles. The van der Waals surface area contributed by atoms with Gasteiger partial charge in [0, 0.05) is 17.7 Å². The van der Waals surface area contributed by atoms with Crippen molar-refractivity contribution in [2.75, 3.05) is 18.5 Å². The van der Waals surface area contributed by atoms with Crippen molar-refractivity contribution in [1.82, 2.24) is 0 Å². The van der Waals surface area contributed by atoms with Gasteiger partial charge in [-0.1, -0.05) is 30.3 Å². The van der Waals surface area contributed by atoms with Gasteiger partial charge in [0.15, 0.2) is 0 Å². The standard InChI is InChI=1S/C20H23NO5S/c1-3-25-18(23)11-10-17(22)21-19-16(20(24)26-4-2)13-15(27-19)12-14-8-6-5-7-9-14/h5-9,13H,3-4,10-12H2,1-2H3,(H,21,22). The van der Waals surface area contributed by atoms with Crippen LogP contribution in [0.25, 0.3) is 0 Å². The fourth-order valence-corrected chi connectivity index (χ4v) is 3.51. The predicted octanol–water partition coefficient (Wildman–Crippen LogP) is 3.80. The van der Waals surface area contributed by atoms with Crippen LogP contribution in [0.4, 0.5) is 5.00 Å². The lowest BCUT2D eigenvalue weighted by molar-refractivity contribution is -0.144. The van der Waals surface area contributed by atoms with Gasteiger partial charge in [0.2, 0.25) is 5.91 Å². The summed E-state index contributed by atoms with van der Waals surface area (Å²) in [6.07, 6.45) is 0.639. The van der Waals surface area contributed by atoms with E-state index in [4.69, 9.17) is 9.47 Å². The number of amides is 1. The summed E-state index contributed by atoms with van der Waals surface area (Å²) < 4.78 is 9.90. The number of thiophene rings is 1. The van der Waals surface area contributed by atoms with Crippen molar-refractivity contribution < 1.29 is 23.9 Å². The first kappa shape index (κ1) is 20.6. The molecular weight excluding hydrogens is 366 g/mol. The Kier molecular flexibility index (Phi) is 8.00. The van der Waals surface area contributed by atoms with Gasteiger partial charge < -0.3 is 14.8 Å². The van der Waals surface area contributed by atoms with E-state index in [2.05, 4.69) is 5.32 Å². The lowest BCUT2D eigenvalue weighted by atomic mass is 10.1. The third-order valence-electron chi connectivity index (χ3n) is 3.61. The van der Waals surface area contributed by atoms with E-state index >= 15 is 0 Å². The summed E-state index contributed by atoms with van der Waals surface area (Å²) in [7, 11) is 0. The number of ether oxygens (including phenoxy) is 2. The molecule has 6 nitrogen and oxygen atoms in total. The van der Waals surface area contributed by atoms with Crippen LogP contribution < -0.4 is 5.32 Å². The van der Waals surface area contributed by atoms with Crippen LogP contribution in [-0.2, 0) is 25.5 Å². The van der Waals surface area contributed by atoms with E-state index in [0.29, 0.717) is 17.0 Å². The Balaban J connectivity index is 2.11. The normalized spacial score (nSPS) is 10.3. The fraction of sp³-hybridized carbons (Fsp3) is 0.350. The van der Waals surface area contributed by atoms with E-state index in [1.807, 2.05) is 30.3 Å². The maximum atomic E-state index is 12.2. The second-order valence-corrected chi connectivity index (χ2v) is 6.83. The highest BCUT2D eigenvalue weighted by atomic mass is 32.1. The SMILES string of the molecule is CCOC(=O)CCC(=O)Nc1sc(Cc2ccccc2)cc1C(=O)OCC. The molecule has 144 valence electrons. The Morgan fingerprint density at radius 2 is 1.70 bits per heavy atom. The van der Waals surface area contributed by atoms with E-state index in [1.165, 1.54) is 11.3 Å². The Labute approximate surface area is 162 Å². The first-order valence-corrected chi connectivity index (χ1v) is 9.64. The molecule has 0 atom stereocenters. The topological polar surface area (TPSA) is 81.7 Å². The lowest BCUT2D eigenvalue weighted by Gasteiger charge is -2.06. The number of anilines is 1. The number of carbonyl (C=O) groups is 3. The molecule has 7 heteroatoms. The molecule has 0 saturated carbocycles. The summed E-state index contributed by atoms with van der Waals surface area (Å²) in [4.78, 5) is 36.7. The maximum absolute atomic E-state index is 12.2. The number of benzene rings is 1. The van der Waals surface area contributed by atoms with Crippen LogP contribution in [0.3, 0.4) is 0 Å². The van der Waals surface area contributed by atoms with Gasteiger partial charge in [-0.05, 0) is 25.5 Å². The van der Waals surface area contributed by atoms with Gasteiger partial charge in [-0.25, -0.2) is 4.79 Å². The van der Waals surface area contributed by atoms with Crippen molar-refractivity contribution >= 4 is 34.2 Å². The highest BCUT2D eigenvalue weighted by molar-refractivity contribution is 7.16. The number of carbonyl (C=O) groups excluding carboxylic acids is 3. The second kappa shape index (κ2) is 10.5. The smallest absolute Gasteiger partial charge is 0.341 e. The summed E-state index contributed by atoms with van der Waals surface area (Å²) in [5, 5.41) is 3.16. The zero-order valence-electron chi connectivity index (χ0n) is 15.4. The van der Waals surface area contributed by atoms with Gasteiger partial charge in [-0.3, -0.25) is 9.59 Å². The summed E-state index contributed by atoms with van der Waals surface area (Å²) in [6.45, 7) is 3.97. The predicted molar refractivity (Wildman–Crippen MR) is 104 cm³/mol. The van der Waals surface area contributed by atoms with Crippen LogP contribution in [0.15, 0.2) is 36.4 Å². The van der Waals surface area contributed by atoms with Crippen molar-refractivity contribution in [3.63, 3.8) is 0 Å². The monoisotopic (exact) mass is 389 g/mol. The minimum Gasteiger partial charge on any atom is -0.466 e. The molecule has 0 bridgehead atoms. The van der Waals surface area contributed by atoms with Crippen molar-refractivity contribution in [3.8, 4) is 0 Å². The molecule has 1 N–H and O–H groups in total. The average Bonchev–Trinajstić information content (AvgIpc) is 3.03. The molecule has 0 aliphatic heterocycles. The van der Waals surface area contributed by atoms with Crippen molar-refractivity contribution in [3.05, 3.63) is 52.4 Å². The summed E-state index contributed by atoms with van der Waals surface area (Å²) >= 11 is 1.33. The van der Waals surface area contributed by atoms with Crippen LogP contribution in [0.5, 0.6) is 0 Å². The Bertz CT molecular complexity index is 785. The number of esters is 2. The van der Waals surface area contributed by atoms with Gasteiger partial charge in [-0.15, -0.1) is 11.3 Å². The molecule has 1 heterocycles. The molecule has 0 radical (unpaired) electrons. The average molecular weight is 389 g/mol. The first-order valence-electron chi connectivity index (χ1n) is 8.82. The van der Waals surface area contributed by atoms with E-state index < -0.39 is 11.9 Å². The third-order valence-corrected chi connectivity index (χ3v) is 4.66. The molecular formula is C20H23NO5S. The van der Waals surface area contributed by atoms with Gasteiger partial charge in [0.25, 0.3) is 0 Å². The summed E-state index contributed by atoms with van der Waals surface area (Å²) in [6, 6.07) is 11.6. The third kappa shape index (κ3) is 6.53. The molecule has 1 amide bonds. The van der Waals surface area contributed by atoms with E-state index in [9.17, 15) is 14.4 Å². The van der Waals surface area contributed by atoms with Crippen LogP contribution in [0, 0.1) is 0 Å². The van der Waals surface area contributed by atoms with Crippen molar-refractivity contribution in [2.24, 2.45) is 0 Å². The molecule has 27 heavy (non-hydrogen) atoms. The van der Waals surface area contributed by atoms with Crippen LogP contribution >= 0.6 is 11.3 Å². The van der Waals surface area contributed by atoms with Gasteiger partial charge in [0.1, 0.15) is 5.00 Å². The molecule has 1 aromatic heterocycles. The van der Waals surface area contributed by atoms with E-state index in [0.717, 1.165) is 10.4 Å². The molecule has 0 fully saturated rings. The first-order chi connectivity index (χ1) is 13.0. The second-order valence-electron chi connectivity index (χ2n) is 5.69. The minimum absolute atomic E-state index is 0.00331. The van der Waals surface area contributed by atoms with Crippen molar-refractivity contribution in [2.45, 2.75) is 33.1 Å². The number of hydrogen-bond acceptors (Lipinski definition) is 6. The lowest BCUT2D eigenvalue weighted by Crippen LogP contribution is -2.16. The number of rotatable bonds is 9. The van der Waals surface area contributed by atoms with Crippen LogP contribution in [-0.4, -0.2) is 31.1 Å². The zero-order valence-corrected chi connectivity index (χ0v) is 16.3. The summed E-state index contributed by atoms with van der Waals surface area (Å²) in [5.74, 6) is -1.25. The zero-order chi connectivity index (χ0) is 19.6. The maximum Gasteiger partial charge on any atom is 0.341 e. The Morgan fingerprint density at radius 1 is 1.00 bits per heavy atom. The molecule has 2 rings (SSSR count). The minimum atomic E-state index is -0.478.